The maximum absolute atomic E-state index is 5.26. The van der Waals surface area contributed by atoms with E-state index in [1.165, 1.54) is 19.5 Å². The van der Waals surface area contributed by atoms with Crippen molar-refractivity contribution >= 4 is 15.9 Å². The number of terminal acetylenes is 1. The van der Waals surface area contributed by atoms with Gasteiger partial charge in [0, 0.05) is 24.3 Å². The second kappa shape index (κ2) is 3.29. The molecule has 1 aliphatic heterocycles. The van der Waals surface area contributed by atoms with Gasteiger partial charge in [-0.05, 0) is 24.3 Å². The second-order valence-electron chi connectivity index (χ2n) is 4.52. The molecule has 3 unspecified atom stereocenters. The number of likely N-dealkylation sites (tertiary alicyclic amines) is 1. The molecule has 3 atom stereocenters. The van der Waals surface area contributed by atoms with E-state index in [-0.39, 0.29) is 0 Å². The third kappa shape index (κ3) is 1.53. The van der Waals surface area contributed by atoms with Gasteiger partial charge in [0.05, 0.1) is 0 Å². The van der Waals surface area contributed by atoms with Crippen molar-refractivity contribution in [1.29, 1.82) is 0 Å². The molecule has 1 nitrogen and oxygen atoms in total. The smallest absolute Gasteiger partial charge is 0.0249 e. The fourth-order valence-corrected chi connectivity index (χ4v) is 3.61. The van der Waals surface area contributed by atoms with Crippen molar-refractivity contribution in [1.82, 2.24) is 4.90 Å². The lowest BCUT2D eigenvalue weighted by Crippen LogP contribution is -2.34. The first-order valence-electron chi connectivity index (χ1n) is 4.98. The van der Waals surface area contributed by atoms with Gasteiger partial charge < -0.3 is 4.90 Å². The standard InChI is InChI=1S/C11H16BrN/c1-3-4-6-13-7-5-11(2)9(8-13)10(11)12/h1,9-10H,4-8H2,2H3. The van der Waals surface area contributed by atoms with E-state index in [4.69, 9.17) is 6.42 Å². The van der Waals surface area contributed by atoms with Gasteiger partial charge in [-0.25, -0.2) is 0 Å². The summed E-state index contributed by atoms with van der Waals surface area (Å²) in [5, 5.41) is 0. The van der Waals surface area contributed by atoms with Gasteiger partial charge in [-0.15, -0.1) is 12.3 Å². The molecule has 1 saturated heterocycles. The highest BCUT2D eigenvalue weighted by atomic mass is 79.9. The summed E-state index contributed by atoms with van der Waals surface area (Å²) in [7, 11) is 0. The Morgan fingerprint density at radius 2 is 2.46 bits per heavy atom. The van der Waals surface area contributed by atoms with Crippen molar-refractivity contribution in [2.24, 2.45) is 11.3 Å². The zero-order chi connectivity index (χ0) is 9.47. The minimum atomic E-state index is 0.604. The Bertz CT molecular complexity index is 245. The van der Waals surface area contributed by atoms with E-state index in [0.717, 1.165) is 23.7 Å². The molecule has 1 saturated carbocycles. The molecule has 0 spiro atoms. The molecule has 2 fully saturated rings. The number of piperidine rings is 1. The third-order valence-electron chi connectivity index (χ3n) is 3.72. The van der Waals surface area contributed by atoms with E-state index >= 15 is 0 Å². The van der Waals surface area contributed by atoms with Crippen LogP contribution in [0.4, 0.5) is 0 Å². The highest BCUT2D eigenvalue weighted by Gasteiger charge is 2.61. The number of fused-ring (bicyclic) bond motifs is 1. The fraction of sp³-hybridized carbons (Fsp3) is 0.818. The predicted octanol–water partition coefficient (Wildman–Crippen LogP) is 2.12. The molecule has 1 aliphatic carbocycles. The lowest BCUT2D eigenvalue weighted by Gasteiger charge is -2.28. The van der Waals surface area contributed by atoms with E-state index in [0.29, 0.717) is 5.41 Å². The van der Waals surface area contributed by atoms with Crippen LogP contribution in [0.25, 0.3) is 0 Å². The SMILES string of the molecule is C#CCCN1CCC2(C)C(Br)C2C1. The third-order valence-corrected chi connectivity index (χ3v) is 5.40. The summed E-state index contributed by atoms with van der Waals surface area (Å²) in [4.78, 5) is 3.27. The van der Waals surface area contributed by atoms with E-state index in [1.54, 1.807) is 0 Å². The van der Waals surface area contributed by atoms with E-state index in [2.05, 4.69) is 33.7 Å². The van der Waals surface area contributed by atoms with Crippen LogP contribution in [0.1, 0.15) is 19.8 Å². The van der Waals surface area contributed by atoms with Crippen molar-refractivity contribution in [2.75, 3.05) is 19.6 Å². The molecular formula is C11H16BrN. The molecule has 0 aromatic carbocycles. The Kier molecular flexibility index (Phi) is 2.42. The molecule has 0 N–H and O–H groups in total. The van der Waals surface area contributed by atoms with Crippen molar-refractivity contribution in [3.05, 3.63) is 0 Å². The lowest BCUT2D eigenvalue weighted by molar-refractivity contribution is 0.190. The molecule has 1 heterocycles. The molecule has 2 rings (SSSR count). The predicted molar refractivity (Wildman–Crippen MR) is 58.8 cm³/mol. The summed E-state index contributed by atoms with van der Waals surface area (Å²) in [6.45, 7) is 5.96. The van der Waals surface area contributed by atoms with Crippen molar-refractivity contribution < 1.29 is 0 Å². The van der Waals surface area contributed by atoms with Gasteiger partial charge in [-0.2, -0.15) is 0 Å². The highest BCUT2D eigenvalue weighted by Crippen LogP contribution is 2.61. The summed E-state index contributed by atoms with van der Waals surface area (Å²) < 4.78 is 0. The normalized spacial score (nSPS) is 43.8. The first-order chi connectivity index (χ1) is 6.18. The van der Waals surface area contributed by atoms with Crippen molar-refractivity contribution in [3.63, 3.8) is 0 Å². The van der Waals surface area contributed by atoms with Crippen LogP contribution >= 0.6 is 15.9 Å². The van der Waals surface area contributed by atoms with E-state index in [9.17, 15) is 0 Å². The average Bonchev–Trinajstić information content (AvgIpc) is 2.67. The molecule has 13 heavy (non-hydrogen) atoms. The van der Waals surface area contributed by atoms with Crippen LogP contribution < -0.4 is 0 Å². The molecule has 0 amide bonds. The van der Waals surface area contributed by atoms with Gasteiger partial charge in [-0.1, -0.05) is 22.9 Å². The van der Waals surface area contributed by atoms with Crippen molar-refractivity contribution in [3.8, 4) is 12.3 Å². The molecule has 72 valence electrons. The number of hydrogen-bond donors (Lipinski definition) is 0. The zero-order valence-corrected chi connectivity index (χ0v) is 9.68. The molecule has 2 heteroatoms. The molecule has 0 bridgehead atoms. The van der Waals surface area contributed by atoms with Crippen LogP contribution in [0.2, 0.25) is 0 Å². The van der Waals surface area contributed by atoms with Gasteiger partial charge in [0.1, 0.15) is 0 Å². The van der Waals surface area contributed by atoms with Gasteiger partial charge in [0.25, 0.3) is 0 Å². The molecule has 2 aliphatic rings. The Hall–Kier alpha value is 0. The van der Waals surface area contributed by atoms with Crippen LogP contribution in [0.15, 0.2) is 0 Å². The molecular weight excluding hydrogens is 226 g/mol. The number of rotatable bonds is 2. The maximum atomic E-state index is 5.26. The topological polar surface area (TPSA) is 3.24 Å². The first-order valence-corrected chi connectivity index (χ1v) is 5.90. The van der Waals surface area contributed by atoms with Crippen LogP contribution in [0.3, 0.4) is 0 Å². The summed E-state index contributed by atoms with van der Waals surface area (Å²) in [6.07, 6.45) is 7.49. The fourth-order valence-electron chi connectivity index (χ4n) is 2.42. The van der Waals surface area contributed by atoms with Crippen LogP contribution in [0, 0.1) is 23.7 Å². The summed E-state index contributed by atoms with van der Waals surface area (Å²) in [5.41, 5.74) is 0.604. The van der Waals surface area contributed by atoms with Crippen LogP contribution in [-0.2, 0) is 0 Å². The number of hydrogen-bond acceptors (Lipinski definition) is 1. The molecule has 0 aromatic rings. The van der Waals surface area contributed by atoms with Crippen LogP contribution in [0.5, 0.6) is 0 Å². The molecule has 0 radical (unpaired) electrons. The zero-order valence-electron chi connectivity index (χ0n) is 8.09. The Labute approximate surface area is 89.0 Å². The summed E-state index contributed by atoms with van der Waals surface area (Å²) in [5.74, 6) is 3.58. The summed E-state index contributed by atoms with van der Waals surface area (Å²) >= 11 is 3.76. The van der Waals surface area contributed by atoms with Gasteiger partial charge in [0.15, 0.2) is 0 Å². The van der Waals surface area contributed by atoms with Gasteiger partial charge in [0.2, 0.25) is 0 Å². The minimum Gasteiger partial charge on any atom is -0.302 e. The Morgan fingerprint density at radius 3 is 3.08 bits per heavy atom. The van der Waals surface area contributed by atoms with Crippen molar-refractivity contribution in [2.45, 2.75) is 24.6 Å². The molecule has 0 aromatic heterocycles. The number of nitrogens with zero attached hydrogens (tertiary/aromatic N) is 1. The number of alkyl halides is 1. The van der Waals surface area contributed by atoms with E-state index in [1.807, 2.05) is 0 Å². The number of halogens is 1. The Balaban J connectivity index is 1.85. The summed E-state index contributed by atoms with van der Waals surface area (Å²) in [6, 6.07) is 0. The Morgan fingerprint density at radius 1 is 1.69 bits per heavy atom. The van der Waals surface area contributed by atoms with E-state index < -0.39 is 0 Å². The average molecular weight is 242 g/mol. The lowest BCUT2D eigenvalue weighted by atomic mass is 9.98. The highest BCUT2D eigenvalue weighted by molar-refractivity contribution is 9.09. The monoisotopic (exact) mass is 241 g/mol. The maximum Gasteiger partial charge on any atom is 0.0249 e. The first kappa shape index (κ1) is 9.55. The second-order valence-corrected chi connectivity index (χ2v) is 5.51. The van der Waals surface area contributed by atoms with Gasteiger partial charge >= 0.3 is 0 Å². The minimum absolute atomic E-state index is 0.604. The quantitative estimate of drug-likeness (QED) is 0.529. The van der Waals surface area contributed by atoms with Gasteiger partial charge in [-0.3, -0.25) is 0 Å². The van der Waals surface area contributed by atoms with Crippen LogP contribution in [-0.4, -0.2) is 29.4 Å². The largest absolute Gasteiger partial charge is 0.302 e.